The van der Waals surface area contributed by atoms with Crippen LogP contribution in [0, 0.1) is 5.82 Å². The van der Waals surface area contributed by atoms with Crippen molar-refractivity contribution in [2.75, 3.05) is 0 Å². The molecular formula is C15H14ClFN2. The zero-order valence-electron chi connectivity index (χ0n) is 10.2. The van der Waals surface area contributed by atoms with Crippen LogP contribution in [0.15, 0.2) is 53.5 Å². The van der Waals surface area contributed by atoms with Gasteiger partial charge in [-0.15, -0.1) is 12.4 Å². The topological polar surface area (TPSA) is 38.4 Å². The molecule has 0 saturated carbocycles. The lowest BCUT2D eigenvalue weighted by atomic mass is 9.90. The second kappa shape index (κ2) is 5.41. The standard InChI is InChI=1S/C15H13FN2.ClH/c16-13-8-4-3-7-12(13)15-11-6-2-1-5-10(11)9-14(17)18-15;/h1-8,15H,9H2,(H2,17,18);1H. The molecule has 0 fully saturated rings. The molecule has 0 bridgehead atoms. The van der Waals surface area contributed by atoms with Crippen LogP contribution in [0.5, 0.6) is 0 Å². The van der Waals surface area contributed by atoms with Crippen molar-refractivity contribution in [2.45, 2.75) is 12.5 Å². The van der Waals surface area contributed by atoms with Gasteiger partial charge in [0.2, 0.25) is 0 Å². The summed E-state index contributed by atoms with van der Waals surface area (Å²) in [6.07, 6.45) is 0.640. The van der Waals surface area contributed by atoms with E-state index >= 15 is 0 Å². The predicted octanol–water partition coefficient (Wildman–Crippen LogP) is 3.25. The summed E-state index contributed by atoms with van der Waals surface area (Å²) >= 11 is 0. The van der Waals surface area contributed by atoms with E-state index in [0.29, 0.717) is 17.8 Å². The summed E-state index contributed by atoms with van der Waals surface area (Å²) in [7, 11) is 0. The number of fused-ring (bicyclic) bond motifs is 1. The van der Waals surface area contributed by atoms with Crippen molar-refractivity contribution in [1.82, 2.24) is 0 Å². The van der Waals surface area contributed by atoms with Gasteiger partial charge in [-0.25, -0.2) is 4.39 Å². The van der Waals surface area contributed by atoms with Crippen molar-refractivity contribution in [3.05, 3.63) is 71.0 Å². The Morgan fingerprint density at radius 2 is 1.63 bits per heavy atom. The number of hydrogen-bond acceptors (Lipinski definition) is 2. The summed E-state index contributed by atoms with van der Waals surface area (Å²) < 4.78 is 13.9. The number of nitrogens with two attached hydrogens (primary N) is 1. The molecule has 0 amide bonds. The quantitative estimate of drug-likeness (QED) is 0.853. The maximum atomic E-state index is 13.9. The number of nitrogens with zero attached hydrogens (tertiary/aromatic N) is 1. The van der Waals surface area contributed by atoms with E-state index in [-0.39, 0.29) is 24.3 Å². The van der Waals surface area contributed by atoms with Crippen LogP contribution in [-0.4, -0.2) is 5.84 Å². The van der Waals surface area contributed by atoms with E-state index in [9.17, 15) is 4.39 Å². The van der Waals surface area contributed by atoms with Gasteiger partial charge >= 0.3 is 0 Å². The Labute approximate surface area is 117 Å². The van der Waals surface area contributed by atoms with Crippen LogP contribution in [-0.2, 0) is 6.42 Å². The lowest BCUT2D eigenvalue weighted by molar-refractivity contribution is 0.598. The van der Waals surface area contributed by atoms with Gasteiger partial charge in [-0.1, -0.05) is 42.5 Å². The van der Waals surface area contributed by atoms with Crippen LogP contribution in [0.3, 0.4) is 0 Å². The van der Waals surface area contributed by atoms with Gasteiger partial charge in [0.15, 0.2) is 0 Å². The van der Waals surface area contributed by atoms with Crippen LogP contribution in [0.4, 0.5) is 4.39 Å². The third-order valence-corrected chi connectivity index (χ3v) is 3.22. The first-order valence-corrected chi connectivity index (χ1v) is 5.90. The minimum atomic E-state index is -0.323. The van der Waals surface area contributed by atoms with Gasteiger partial charge in [0.1, 0.15) is 11.9 Å². The van der Waals surface area contributed by atoms with Crippen LogP contribution in [0.2, 0.25) is 0 Å². The molecule has 3 rings (SSSR count). The first kappa shape index (κ1) is 13.6. The fourth-order valence-corrected chi connectivity index (χ4v) is 2.37. The lowest BCUT2D eigenvalue weighted by Gasteiger charge is -2.23. The van der Waals surface area contributed by atoms with Gasteiger partial charge < -0.3 is 5.73 Å². The number of benzene rings is 2. The molecule has 1 unspecified atom stereocenters. The number of amidine groups is 1. The van der Waals surface area contributed by atoms with Gasteiger partial charge in [-0.3, -0.25) is 4.99 Å². The number of halogens is 2. The van der Waals surface area contributed by atoms with E-state index in [1.165, 1.54) is 6.07 Å². The Bertz CT molecular complexity index is 625. The molecule has 0 spiro atoms. The molecule has 2 nitrogen and oxygen atoms in total. The fraction of sp³-hybridized carbons (Fsp3) is 0.133. The summed E-state index contributed by atoms with van der Waals surface area (Å²) in [5, 5.41) is 0. The molecule has 2 aromatic carbocycles. The zero-order valence-corrected chi connectivity index (χ0v) is 11.0. The van der Waals surface area contributed by atoms with E-state index in [1.54, 1.807) is 12.1 Å². The first-order chi connectivity index (χ1) is 8.75. The summed E-state index contributed by atoms with van der Waals surface area (Å²) in [6, 6.07) is 14.3. The Balaban J connectivity index is 0.00000133. The van der Waals surface area contributed by atoms with Crippen LogP contribution in [0.25, 0.3) is 0 Å². The molecule has 0 aromatic heterocycles. The Morgan fingerprint density at radius 1 is 1.00 bits per heavy atom. The molecule has 1 aliphatic rings. The lowest BCUT2D eigenvalue weighted by Crippen LogP contribution is -2.23. The average Bonchev–Trinajstić information content (AvgIpc) is 2.38. The second-order valence-electron chi connectivity index (χ2n) is 4.42. The first-order valence-electron chi connectivity index (χ1n) is 5.90. The van der Waals surface area contributed by atoms with Crippen molar-refractivity contribution >= 4 is 18.2 Å². The highest BCUT2D eigenvalue weighted by molar-refractivity contribution is 5.85. The monoisotopic (exact) mass is 276 g/mol. The van der Waals surface area contributed by atoms with Gasteiger partial charge in [0, 0.05) is 12.0 Å². The summed E-state index contributed by atoms with van der Waals surface area (Å²) in [4.78, 5) is 4.41. The van der Waals surface area contributed by atoms with Crippen molar-refractivity contribution in [3.8, 4) is 0 Å². The van der Waals surface area contributed by atoms with Crippen LogP contribution >= 0.6 is 12.4 Å². The third-order valence-electron chi connectivity index (χ3n) is 3.22. The number of rotatable bonds is 1. The third kappa shape index (κ3) is 2.47. The van der Waals surface area contributed by atoms with Crippen LogP contribution in [0.1, 0.15) is 22.7 Å². The molecule has 0 radical (unpaired) electrons. The minimum absolute atomic E-state index is 0. The number of aliphatic imine (C=N–C) groups is 1. The van der Waals surface area contributed by atoms with Crippen molar-refractivity contribution in [2.24, 2.45) is 10.7 Å². The normalized spacial score (nSPS) is 17.1. The van der Waals surface area contributed by atoms with Gasteiger partial charge in [-0.05, 0) is 17.2 Å². The Morgan fingerprint density at radius 3 is 2.37 bits per heavy atom. The van der Waals surface area contributed by atoms with Crippen molar-refractivity contribution in [1.29, 1.82) is 0 Å². The van der Waals surface area contributed by atoms with Gasteiger partial charge in [0.25, 0.3) is 0 Å². The highest BCUT2D eigenvalue weighted by Crippen LogP contribution is 2.33. The van der Waals surface area contributed by atoms with E-state index in [4.69, 9.17) is 5.73 Å². The maximum Gasteiger partial charge on any atom is 0.128 e. The van der Waals surface area contributed by atoms with Crippen LogP contribution < -0.4 is 5.73 Å². The molecule has 2 N–H and O–H groups in total. The molecule has 1 aliphatic heterocycles. The average molecular weight is 277 g/mol. The molecule has 98 valence electrons. The fourth-order valence-electron chi connectivity index (χ4n) is 2.37. The molecule has 0 saturated heterocycles. The van der Waals surface area contributed by atoms with Crippen molar-refractivity contribution < 1.29 is 4.39 Å². The summed E-state index contributed by atoms with van der Waals surface area (Å²) in [5.41, 5.74) is 8.59. The van der Waals surface area contributed by atoms with E-state index in [0.717, 1.165) is 11.1 Å². The van der Waals surface area contributed by atoms with E-state index in [1.807, 2.05) is 30.3 Å². The maximum absolute atomic E-state index is 13.9. The highest BCUT2D eigenvalue weighted by atomic mass is 35.5. The molecule has 2 aromatic rings. The second-order valence-corrected chi connectivity index (χ2v) is 4.42. The predicted molar refractivity (Wildman–Crippen MR) is 77.3 cm³/mol. The smallest absolute Gasteiger partial charge is 0.128 e. The SMILES string of the molecule is Cl.NC1=NC(c2ccccc2F)c2ccccc2C1. The van der Waals surface area contributed by atoms with Crippen molar-refractivity contribution in [3.63, 3.8) is 0 Å². The molecule has 19 heavy (non-hydrogen) atoms. The van der Waals surface area contributed by atoms with Gasteiger partial charge in [0.05, 0.1) is 5.84 Å². The molecule has 1 atom stereocenters. The molecule has 1 heterocycles. The van der Waals surface area contributed by atoms with E-state index < -0.39 is 0 Å². The molecule has 4 heteroatoms. The Hall–Kier alpha value is -1.87. The summed E-state index contributed by atoms with van der Waals surface area (Å²) in [5.74, 6) is 0.317. The highest BCUT2D eigenvalue weighted by Gasteiger charge is 2.23. The Kier molecular flexibility index (Phi) is 3.86. The molecule has 0 aliphatic carbocycles. The molecular weight excluding hydrogens is 263 g/mol. The van der Waals surface area contributed by atoms with E-state index in [2.05, 4.69) is 4.99 Å². The summed E-state index contributed by atoms with van der Waals surface area (Å²) in [6.45, 7) is 0. The zero-order chi connectivity index (χ0) is 12.5. The van der Waals surface area contributed by atoms with Gasteiger partial charge in [-0.2, -0.15) is 0 Å². The number of hydrogen-bond donors (Lipinski definition) is 1. The minimum Gasteiger partial charge on any atom is -0.387 e. The largest absolute Gasteiger partial charge is 0.387 e.